The number of rotatable bonds is 4. The van der Waals surface area contributed by atoms with E-state index in [1.54, 1.807) is 25.2 Å². The molecule has 1 aromatic rings. The molecule has 0 radical (unpaired) electrons. The lowest BCUT2D eigenvalue weighted by atomic mass is 10.1. The van der Waals surface area contributed by atoms with Crippen molar-refractivity contribution in [3.8, 4) is 0 Å². The number of carbonyl (C=O) groups excluding carboxylic acids is 1. The van der Waals surface area contributed by atoms with E-state index in [4.69, 9.17) is 11.6 Å². The minimum atomic E-state index is -0.675. The number of esters is 1. The maximum Gasteiger partial charge on any atom is 0.325 e. The molecule has 0 spiro atoms. The average molecular weight is 248 g/mol. The van der Waals surface area contributed by atoms with E-state index >= 15 is 0 Å². The van der Waals surface area contributed by atoms with Gasteiger partial charge in [-0.1, -0.05) is 11.6 Å². The van der Waals surface area contributed by atoms with E-state index < -0.39 is 5.54 Å². The molecule has 5 heteroatoms. The van der Waals surface area contributed by atoms with Gasteiger partial charge in [0.15, 0.2) is 0 Å². The molecule has 0 amide bonds. The second-order valence-corrected chi connectivity index (χ2v) is 5.13. The summed E-state index contributed by atoms with van der Waals surface area (Å²) >= 11 is 7.35. The van der Waals surface area contributed by atoms with Gasteiger partial charge >= 0.3 is 5.97 Å². The van der Waals surface area contributed by atoms with Crippen LogP contribution in [0.25, 0.3) is 0 Å². The van der Waals surface area contributed by atoms with Crippen molar-refractivity contribution >= 4 is 28.9 Å². The summed E-state index contributed by atoms with van der Waals surface area (Å²) in [6.07, 6.45) is 0. The summed E-state index contributed by atoms with van der Waals surface area (Å²) in [5.74, 6) is -0.273. The highest BCUT2D eigenvalue weighted by Crippen LogP contribution is 2.19. The molecule has 0 atom stereocenters. The molecule has 0 aliphatic rings. The summed E-state index contributed by atoms with van der Waals surface area (Å²) in [5.41, 5.74) is -0.675. The fourth-order valence-electron chi connectivity index (χ4n) is 1.08. The Balaban J connectivity index is 2.53. The zero-order valence-electron chi connectivity index (χ0n) is 8.96. The molecule has 0 unspecified atom stereocenters. The van der Waals surface area contributed by atoms with Crippen LogP contribution in [0.5, 0.6) is 0 Å². The number of halogens is 1. The van der Waals surface area contributed by atoms with Gasteiger partial charge < -0.3 is 4.74 Å². The summed E-state index contributed by atoms with van der Waals surface area (Å²) in [7, 11) is 1.38. The van der Waals surface area contributed by atoms with Crippen molar-refractivity contribution in [1.82, 2.24) is 5.32 Å². The monoisotopic (exact) mass is 247 g/mol. The first-order valence-electron chi connectivity index (χ1n) is 4.52. The number of methoxy groups -OCH3 is 1. The highest BCUT2D eigenvalue weighted by molar-refractivity contribution is 7.10. The highest BCUT2D eigenvalue weighted by Gasteiger charge is 2.27. The molecule has 0 fully saturated rings. The third kappa shape index (κ3) is 3.48. The Hall–Kier alpha value is -0.580. The first kappa shape index (κ1) is 12.5. The fraction of sp³-hybridized carbons (Fsp3) is 0.500. The minimum absolute atomic E-state index is 0.273. The van der Waals surface area contributed by atoms with Crippen LogP contribution in [0.2, 0.25) is 5.02 Å². The molecule has 0 bridgehead atoms. The largest absolute Gasteiger partial charge is 0.468 e. The van der Waals surface area contributed by atoms with Gasteiger partial charge in [0.1, 0.15) is 5.54 Å². The minimum Gasteiger partial charge on any atom is -0.468 e. The number of thiophene rings is 1. The molecule has 1 rings (SSSR count). The molecule has 1 aromatic heterocycles. The number of hydrogen-bond donors (Lipinski definition) is 1. The highest BCUT2D eigenvalue weighted by atomic mass is 35.5. The molecule has 0 aliphatic heterocycles. The predicted molar refractivity (Wildman–Crippen MR) is 62.3 cm³/mol. The van der Waals surface area contributed by atoms with Crippen LogP contribution in [0, 0.1) is 0 Å². The Labute approximate surface area is 98.4 Å². The molecule has 0 aliphatic carbocycles. The normalized spacial score (nSPS) is 11.5. The van der Waals surface area contributed by atoms with Gasteiger partial charge in [-0.2, -0.15) is 0 Å². The van der Waals surface area contributed by atoms with E-state index in [1.807, 2.05) is 11.4 Å². The number of nitrogens with one attached hydrogen (secondary N) is 1. The van der Waals surface area contributed by atoms with Gasteiger partial charge in [-0.05, 0) is 19.9 Å². The van der Waals surface area contributed by atoms with Crippen LogP contribution in [0.4, 0.5) is 0 Å². The summed E-state index contributed by atoms with van der Waals surface area (Å²) < 4.78 is 4.68. The second kappa shape index (κ2) is 4.96. The molecule has 15 heavy (non-hydrogen) atoms. The van der Waals surface area contributed by atoms with E-state index in [2.05, 4.69) is 10.1 Å². The van der Waals surface area contributed by atoms with Crippen molar-refractivity contribution in [2.24, 2.45) is 0 Å². The van der Waals surface area contributed by atoms with Gasteiger partial charge in [-0.3, -0.25) is 10.1 Å². The number of carbonyl (C=O) groups is 1. The van der Waals surface area contributed by atoms with E-state index in [0.29, 0.717) is 6.54 Å². The van der Waals surface area contributed by atoms with Gasteiger partial charge in [0.05, 0.1) is 12.1 Å². The number of ether oxygens (including phenoxy) is 1. The Kier molecular flexibility index (Phi) is 4.13. The zero-order valence-corrected chi connectivity index (χ0v) is 10.5. The van der Waals surface area contributed by atoms with Crippen molar-refractivity contribution < 1.29 is 9.53 Å². The van der Waals surface area contributed by atoms with Gasteiger partial charge in [-0.15, -0.1) is 11.3 Å². The van der Waals surface area contributed by atoms with Crippen LogP contribution < -0.4 is 5.32 Å². The van der Waals surface area contributed by atoms with E-state index in [1.165, 1.54) is 7.11 Å². The Morgan fingerprint density at radius 2 is 2.33 bits per heavy atom. The Morgan fingerprint density at radius 3 is 2.80 bits per heavy atom. The van der Waals surface area contributed by atoms with E-state index in [-0.39, 0.29) is 5.97 Å². The molecule has 0 saturated carbocycles. The summed E-state index contributed by atoms with van der Waals surface area (Å²) in [5, 5.41) is 5.71. The van der Waals surface area contributed by atoms with Crippen molar-refractivity contribution in [2.45, 2.75) is 25.9 Å². The van der Waals surface area contributed by atoms with E-state index in [9.17, 15) is 4.79 Å². The van der Waals surface area contributed by atoms with Crippen LogP contribution in [0.1, 0.15) is 18.7 Å². The van der Waals surface area contributed by atoms with Gasteiger partial charge in [0, 0.05) is 16.8 Å². The van der Waals surface area contributed by atoms with Crippen LogP contribution in [0.15, 0.2) is 11.4 Å². The summed E-state index contributed by atoms with van der Waals surface area (Å²) in [6.45, 7) is 4.18. The third-order valence-electron chi connectivity index (χ3n) is 2.02. The molecule has 1 heterocycles. The number of hydrogen-bond acceptors (Lipinski definition) is 4. The molecule has 84 valence electrons. The lowest BCUT2D eigenvalue weighted by Gasteiger charge is -2.22. The third-order valence-corrected chi connectivity index (χ3v) is 3.31. The van der Waals surface area contributed by atoms with Gasteiger partial charge in [0.25, 0.3) is 0 Å². The van der Waals surface area contributed by atoms with Crippen molar-refractivity contribution in [1.29, 1.82) is 0 Å². The maximum absolute atomic E-state index is 11.4. The van der Waals surface area contributed by atoms with Gasteiger partial charge in [0.2, 0.25) is 0 Å². The topological polar surface area (TPSA) is 38.3 Å². The maximum atomic E-state index is 11.4. The second-order valence-electron chi connectivity index (χ2n) is 3.70. The van der Waals surface area contributed by atoms with Crippen LogP contribution in [-0.2, 0) is 16.1 Å². The predicted octanol–water partition coefficient (Wildman–Crippen LogP) is 2.44. The quantitative estimate of drug-likeness (QED) is 0.831. The summed E-state index contributed by atoms with van der Waals surface area (Å²) in [4.78, 5) is 12.4. The van der Waals surface area contributed by atoms with Crippen molar-refractivity contribution in [2.75, 3.05) is 7.11 Å². The Bertz CT molecular complexity index is 349. The van der Waals surface area contributed by atoms with E-state index in [0.717, 1.165) is 9.90 Å². The lowest BCUT2D eigenvalue weighted by Crippen LogP contribution is -2.46. The molecule has 0 saturated heterocycles. The first-order valence-corrected chi connectivity index (χ1v) is 5.78. The smallest absolute Gasteiger partial charge is 0.325 e. The van der Waals surface area contributed by atoms with Gasteiger partial charge in [-0.25, -0.2) is 0 Å². The van der Waals surface area contributed by atoms with Crippen molar-refractivity contribution in [3.63, 3.8) is 0 Å². The SMILES string of the molecule is COC(=O)C(C)(C)NCc1cc(Cl)cs1. The van der Waals surface area contributed by atoms with Crippen LogP contribution in [0.3, 0.4) is 0 Å². The first-order chi connectivity index (χ1) is 6.95. The lowest BCUT2D eigenvalue weighted by molar-refractivity contribution is -0.147. The fourth-order valence-corrected chi connectivity index (χ4v) is 2.09. The summed E-state index contributed by atoms with van der Waals surface area (Å²) in [6, 6.07) is 1.88. The average Bonchev–Trinajstić information content (AvgIpc) is 2.60. The van der Waals surface area contributed by atoms with Crippen LogP contribution >= 0.6 is 22.9 Å². The van der Waals surface area contributed by atoms with Crippen molar-refractivity contribution in [3.05, 3.63) is 21.3 Å². The molecule has 1 N–H and O–H groups in total. The molecule has 3 nitrogen and oxygen atoms in total. The Morgan fingerprint density at radius 1 is 1.67 bits per heavy atom. The van der Waals surface area contributed by atoms with Crippen LogP contribution in [-0.4, -0.2) is 18.6 Å². The molecular formula is C10H14ClNO2S. The molecule has 0 aromatic carbocycles. The zero-order chi connectivity index (χ0) is 11.5. The standard InChI is InChI=1S/C10H14ClNO2S/c1-10(2,9(13)14-3)12-5-8-4-7(11)6-15-8/h4,6,12H,5H2,1-3H3. The molecular weight excluding hydrogens is 234 g/mol.